The summed E-state index contributed by atoms with van der Waals surface area (Å²) in [6.45, 7) is 1.65. The number of anilines is 4. The second kappa shape index (κ2) is 10.6. The lowest BCUT2D eigenvalue weighted by molar-refractivity contribution is 0.1000. The quantitative estimate of drug-likeness (QED) is 0.223. The molecule has 0 fully saturated rings. The highest BCUT2D eigenvalue weighted by molar-refractivity contribution is 5.99. The van der Waals surface area contributed by atoms with Crippen molar-refractivity contribution >= 4 is 46.0 Å². The lowest BCUT2D eigenvalue weighted by Gasteiger charge is -2.26. The summed E-state index contributed by atoms with van der Waals surface area (Å²) in [6, 6.07) is 14.2. The number of fused-ring (bicyclic) bond motifs is 1. The van der Waals surface area contributed by atoms with Crippen molar-refractivity contribution < 1.29 is 19.1 Å². The van der Waals surface area contributed by atoms with Crippen molar-refractivity contribution in [3.05, 3.63) is 71.5 Å². The fourth-order valence-electron chi connectivity index (χ4n) is 4.25. The summed E-state index contributed by atoms with van der Waals surface area (Å²) in [5.74, 6) is -1.06. The van der Waals surface area contributed by atoms with Gasteiger partial charge in [0.1, 0.15) is 5.82 Å². The molecule has 0 radical (unpaired) electrons. The van der Waals surface area contributed by atoms with Gasteiger partial charge in [-0.2, -0.15) is 5.10 Å². The number of carboxylic acid groups (broad SMARTS) is 1. The number of carbonyl (C=O) groups excluding carboxylic acids is 1. The molecule has 0 aliphatic carbocycles. The van der Waals surface area contributed by atoms with E-state index in [0.717, 1.165) is 22.8 Å². The molecule has 2 aromatic carbocycles. The Kier molecular flexibility index (Phi) is 7.33. The summed E-state index contributed by atoms with van der Waals surface area (Å²) in [5, 5.41) is 23.1. The first-order valence-corrected chi connectivity index (χ1v) is 11.8. The minimum absolute atomic E-state index is 0.0432. The van der Waals surface area contributed by atoms with Crippen LogP contribution >= 0.6 is 0 Å². The van der Waals surface area contributed by atoms with E-state index in [4.69, 9.17) is 5.73 Å². The van der Waals surface area contributed by atoms with Crippen LogP contribution in [-0.2, 0) is 7.05 Å². The molecule has 0 unspecified atom stereocenters. The summed E-state index contributed by atoms with van der Waals surface area (Å²) in [4.78, 5) is 29.7. The van der Waals surface area contributed by atoms with Crippen LogP contribution in [0.2, 0.25) is 0 Å². The van der Waals surface area contributed by atoms with Gasteiger partial charge in [-0.3, -0.25) is 9.48 Å². The number of nitrogens with zero attached hydrogens (tertiary/aromatic N) is 4. The maximum atomic E-state index is 15.2. The van der Waals surface area contributed by atoms with Gasteiger partial charge in [0.25, 0.3) is 5.91 Å². The predicted octanol–water partition coefficient (Wildman–Crippen LogP) is 3.83. The number of aromatic nitrogens is 3. The highest BCUT2D eigenvalue weighted by Crippen LogP contribution is 2.31. The van der Waals surface area contributed by atoms with Gasteiger partial charge in [-0.05, 0) is 36.8 Å². The predicted molar refractivity (Wildman–Crippen MR) is 144 cm³/mol. The van der Waals surface area contributed by atoms with E-state index in [-0.39, 0.29) is 17.2 Å². The van der Waals surface area contributed by atoms with Gasteiger partial charge in [-0.1, -0.05) is 30.3 Å². The molecule has 0 saturated heterocycles. The molecule has 4 aromatic rings. The van der Waals surface area contributed by atoms with Crippen LogP contribution in [0.3, 0.4) is 0 Å². The Morgan fingerprint density at radius 1 is 1.11 bits per heavy atom. The number of halogens is 1. The van der Waals surface area contributed by atoms with Gasteiger partial charge < -0.3 is 31.7 Å². The summed E-state index contributed by atoms with van der Waals surface area (Å²) in [5.41, 5.74) is 7.59. The van der Waals surface area contributed by atoms with Crippen LogP contribution in [0.15, 0.2) is 54.6 Å². The third-order valence-electron chi connectivity index (χ3n) is 6.06. The molecule has 2 amide bonds. The molecule has 0 spiro atoms. The van der Waals surface area contributed by atoms with Crippen molar-refractivity contribution in [1.82, 2.24) is 20.1 Å². The topological polar surface area (TPSA) is 150 Å². The van der Waals surface area contributed by atoms with Crippen molar-refractivity contribution in [1.29, 1.82) is 0 Å². The number of benzene rings is 2. The molecular formula is C26H29FN8O3. The van der Waals surface area contributed by atoms with E-state index in [1.807, 2.05) is 44.2 Å². The summed E-state index contributed by atoms with van der Waals surface area (Å²) < 4.78 is 16.9. The van der Waals surface area contributed by atoms with E-state index in [0.29, 0.717) is 11.3 Å². The lowest BCUT2D eigenvalue weighted by atomic mass is 10.0. The second-order valence-corrected chi connectivity index (χ2v) is 9.05. The molecule has 198 valence electrons. The number of nitrogens with one attached hydrogen (secondary N) is 3. The Bertz CT molecular complexity index is 1490. The monoisotopic (exact) mass is 520 g/mol. The van der Waals surface area contributed by atoms with E-state index in [1.165, 1.54) is 0 Å². The van der Waals surface area contributed by atoms with Crippen LogP contribution in [0, 0.1) is 5.82 Å². The van der Waals surface area contributed by atoms with Gasteiger partial charge >= 0.3 is 6.09 Å². The lowest BCUT2D eigenvalue weighted by Crippen LogP contribution is -2.39. The maximum absolute atomic E-state index is 15.2. The van der Waals surface area contributed by atoms with Gasteiger partial charge in [0.05, 0.1) is 23.2 Å². The van der Waals surface area contributed by atoms with E-state index >= 15 is 4.39 Å². The van der Waals surface area contributed by atoms with Crippen LogP contribution < -0.4 is 26.6 Å². The zero-order valence-electron chi connectivity index (χ0n) is 21.4. The summed E-state index contributed by atoms with van der Waals surface area (Å²) in [6.07, 6.45) is -1.22. The van der Waals surface area contributed by atoms with Crippen molar-refractivity contribution in [2.24, 2.45) is 12.8 Å². The molecule has 2 atom stereocenters. The van der Waals surface area contributed by atoms with Crippen LogP contribution in [0.25, 0.3) is 10.9 Å². The van der Waals surface area contributed by atoms with Crippen LogP contribution in [-0.4, -0.2) is 52.0 Å². The molecular weight excluding hydrogens is 491 g/mol. The van der Waals surface area contributed by atoms with Crippen LogP contribution in [0.4, 0.5) is 32.3 Å². The number of pyridine rings is 1. The van der Waals surface area contributed by atoms with Gasteiger partial charge in [0.2, 0.25) is 0 Å². The standard InChI is InChI=1S/C26H29FN8O3/c1-14(29-26(37)38)21(15-8-6-5-7-9-15)31-24-19(27)13-18(22(28)36)23(32-24)30-16-10-11-20-17(12-16)25(34(2)3)33-35(20)4/h5-14,21,29H,1-4H3,(H2,28,36)(H,37,38)(H2,30,31,32)/t14-,21-/m0/s1. The first kappa shape index (κ1) is 26.2. The highest BCUT2D eigenvalue weighted by Gasteiger charge is 2.24. The Morgan fingerprint density at radius 3 is 2.45 bits per heavy atom. The number of rotatable bonds is 9. The molecule has 6 N–H and O–H groups in total. The van der Waals surface area contributed by atoms with Gasteiger partial charge in [0, 0.05) is 32.2 Å². The summed E-state index contributed by atoms with van der Waals surface area (Å²) >= 11 is 0. The molecule has 2 heterocycles. The Balaban J connectivity index is 1.74. The molecule has 38 heavy (non-hydrogen) atoms. The van der Waals surface area contributed by atoms with E-state index < -0.39 is 29.9 Å². The van der Waals surface area contributed by atoms with E-state index in [2.05, 4.69) is 26.0 Å². The first-order chi connectivity index (χ1) is 18.0. The third kappa shape index (κ3) is 5.43. The van der Waals surface area contributed by atoms with Gasteiger partial charge in [-0.25, -0.2) is 14.2 Å². The minimum atomic E-state index is -1.22. The van der Waals surface area contributed by atoms with Crippen molar-refractivity contribution in [3.63, 3.8) is 0 Å². The van der Waals surface area contributed by atoms with E-state index in [9.17, 15) is 14.7 Å². The van der Waals surface area contributed by atoms with Gasteiger partial charge in [0.15, 0.2) is 17.5 Å². The SMILES string of the molecule is C[C@H](NC(=O)O)[C@H](Nc1nc(Nc2ccc3c(c2)c(N(C)C)nn3C)c(C(N)=O)cc1F)c1ccccc1. The number of aryl methyl sites for hydroxylation is 1. The third-order valence-corrected chi connectivity index (χ3v) is 6.06. The number of hydrogen-bond acceptors (Lipinski definition) is 7. The summed E-state index contributed by atoms with van der Waals surface area (Å²) in [7, 11) is 5.61. The first-order valence-electron chi connectivity index (χ1n) is 11.8. The second-order valence-electron chi connectivity index (χ2n) is 9.05. The number of amides is 2. The molecule has 4 rings (SSSR count). The average molecular weight is 521 g/mol. The number of nitrogens with two attached hydrogens (primary N) is 1. The molecule has 0 bridgehead atoms. The number of hydrogen-bond donors (Lipinski definition) is 5. The molecule has 0 saturated carbocycles. The smallest absolute Gasteiger partial charge is 0.404 e. The largest absolute Gasteiger partial charge is 0.465 e. The highest BCUT2D eigenvalue weighted by atomic mass is 19.1. The average Bonchev–Trinajstić information content (AvgIpc) is 3.20. The normalized spacial score (nSPS) is 12.6. The van der Waals surface area contributed by atoms with Crippen molar-refractivity contribution in [2.75, 3.05) is 29.6 Å². The maximum Gasteiger partial charge on any atom is 0.404 e. The van der Waals surface area contributed by atoms with Gasteiger partial charge in [-0.15, -0.1) is 0 Å². The number of carbonyl (C=O) groups is 2. The zero-order valence-corrected chi connectivity index (χ0v) is 21.4. The Labute approximate surface area is 218 Å². The molecule has 0 aliphatic heterocycles. The Hall–Kier alpha value is -4.87. The van der Waals surface area contributed by atoms with Crippen molar-refractivity contribution in [2.45, 2.75) is 19.0 Å². The number of primary amides is 1. The molecule has 12 heteroatoms. The zero-order chi connectivity index (χ0) is 27.6. The fourth-order valence-corrected chi connectivity index (χ4v) is 4.25. The van der Waals surface area contributed by atoms with Crippen molar-refractivity contribution in [3.8, 4) is 0 Å². The minimum Gasteiger partial charge on any atom is -0.465 e. The van der Waals surface area contributed by atoms with E-state index in [1.54, 1.807) is 41.9 Å². The molecule has 11 nitrogen and oxygen atoms in total. The molecule has 0 aliphatic rings. The fraction of sp³-hybridized carbons (Fsp3) is 0.231. The molecule has 2 aromatic heterocycles. The Morgan fingerprint density at radius 2 is 1.82 bits per heavy atom. The van der Waals surface area contributed by atoms with Crippen LogP contribution in [0.5, 0.6) is 0 Å². The van der Waals surface area contributed by atoms with Crippen LogP contribution in [0.1, 0.15) is 28.9 Å².